The fraction of sp³-hybridized carbons (Fsp3) is 0.364. The zero-order valence-electron chi connectivity index (χ0n) is 8.25. The number of benzene rings is 1. The molecule has 5 heteroatoms. The number of halogens is 3. The van der Waals surface area contributed by atoms with E-state index < -0.39 is 6.36 Å². The molecule has 1 aromatic rings. The Bertz CT molecular complexity index is 408. The quantitative estimate of drug-likeness (QED) is 0.745. The van der Waals surface area contributed by atoms with Gasteiger partial charge in [0.15, 0.2) is 0 Å². The van der Waals surface area contributed by atoms with Crippen LogP contribution in [0.25, 0.3) is 0 Å². The minimum absolute atomic E-state index is 0.212. The predicted molar refractivity (Wildman–Crippen MR) is 50.5 cm³/mol. The van der Waals surface area contributed by atoms with Crippen LogP contribution in [-0.4, -0.2) is 12.6 Å². The van der Waals surface area contributed by atoms with Gasteiger partial charge < -0.3 is 4.74 Å². The van der Waals surface area contributed by atoms with E-state index in [4.69, 9.17) is 0 Å². The summed E-state index contributed by atoms with van der Waals surface area (Å²) in [5.74, 6) is -0.0468. The van der Waals surface area contributed by atoms with Crippen molar-refractivity contribution >= 4 is 6.29 Å². The summed E-state index contributed by atoms with van der Waals surface area (Å²) in [6.07, 6.45) is -2.29. The van der Waals surface area contributed by atoms with Gasteiger partial charge in [0.2, 0.25) is 0 Å². The minimum atomic E-state index is -4.72. The maximum absolute atomic E-state index is 12.0. The first kappa shape index (κ1) is 11.0. The second-order valence-corrected chi connectivity index (χ2v) is 3.78. The average Bonchev–Trinajstić information content (AvgIpc) is 2.97. The third-order valence-electron chi connectivity index (χ3n) is 2.37. The first-order valence-electron chi connectivity index (χ1n) is 4.84. The maximum atomic E-state index is 12.0. The fourth-order valence-corrected chi connectivity index (χ4v) is 1.56. The number of carbonyl (C=O) groups is 1. The molecule has 0 unspecified atom stereocenters. The Balaban J connectivity index is 2.29. The summed E-state index contributed by atoms with van der Waals surface area (Å²) in [5, 5.41) is 0. The maximum Gasteiger partial charge on any atom is 0.573 e. The van der Waals surface area contributed by atoms with Crippen LogP contribution in [0.2, 0.25) is 0 Å². The van der Waals surface area contributed by atoms with Crippen LogP contribution in [0, 0.1) is 0 Å². The molecule has 0 N–H and O–H groups in total. The summed E-state index contributed by atoms with van der Waals surface area (Å²) in [4.78, 5) is 10.6. The van der Waals surface area contributed by atoms with E-state index in [1.807, 2.05) is 0 Å². The SMILES string of the molecule is O=Cc1cc(OC(F)(F)F)cc(C2CC2)c1. The van der Waals surface area contributed by atoms with Gasteiger partial charge in [-0.2, -0.15) is 0 Å². The minimum Gasteiger partial charge on any atom is -0.406 e. The third-order valence-corrected chi connectivity index (χ3v) is 2.37. The lowest BCUT2D eigenvalue weighted by molar-refractivity contribution is -0.274. The lowest BCUT2D eigenvalue weighted by Crippen LogP contribution is -2.17. The Morgan fingerprint density at radius 3 is 2.44 bits per heavy atom. The number of hydrogen-bond acceptors (Lipinski definition) is 2. The molecule has 0 saturated heterocycles. The molecule has 1 aliphatic rings. The Morgan fingerprint density at radius 1 is 1.25 bits per heavy atom. The van der Waals surface area contributed by atoms with Crippen molar-refractivity contribution in [2.45, 2.75) is 25.1 Å². The number of aldehydes is 1. The molecule has 1 aliphatic carbocycles. The number of ether oxygens (including phenoxy) is 1. The molecular formula is C11H9F3O2. The zero-order chi connectivity index (χ0) is 11.8. The van der Waals surface area contributed by atoms with Gasteiger partial charge in [-0.3, -0.25) is 4.79 Å². The largest absolute Gasteiger partial charge is 0.573 e. The molecule has 2 rings (SSSR count). The summed E-state index contributed by atoms with van der Waals surface area (Å²) in [5.41, 5.74) is 0.951. The molecule has 0 heterocycles. The van der Waals surface area contributed by atoms with Crippen molar-refractivity contribution in [3.05, 3.63) is 29.3 Å². The van der Waals surface area contributed by atoms with E-state index in [1.165, 1.54) is 6.07 Å². The van der Waals surface area contributed by atoms with E-state index in [9.17, 15) is 18.0 Å². The van der Waals surface area contributed by atoms with Crippen LogP contribution in [0.3, 0.4) is 0 Å². The molecule has 0 radical (unpaired) electrons. The van der Waals surface area contributed by atoms with Crippen LogP contribution >= 0.6 is 0 Å². The topological polar surface area (TPSA) is 26.3 Å². The molecule has 2 nitrogen and oxygen atoms in total. The zero-order valence-corrected chi connectivity index (χ0v) is 8.25. The number of alkyl halides is 3. The van der Waals surface area contributed by atoms with Gasteiger partial charge in [-0.15, -0.1) is 13.2 Å². The molecular weight excluding hydrogens is 221 g/mol. The van der Waals surface area contributed by atoms with Crippen molar-refractivity contribution < 1.29 is 22.7 Å². The Hall–Kier alpha value is -1.52. The van der Waals surface area contributed by atoms with Gasteiger partial charge in [0.1, 0.15) is 12.0 Å². The molecule has 1 fully saturated rings. The molecule has 0 aromatic heterocycles. The van der Waals surface area contributed by atoms with Crippen molar-refractivity contribution in [3.63, 3.8) is 0 Å². The van der Waals surface area contributed by atoms with Crippen molar-refractivity contribution in [2.75, 3.05) is 0 Å². The van der Waals surface area contributed by atoms with Crippen molar-refractivity contribution in [2.24, 2.45) is 0 Å². The summed E-state index contributed by atoms with van der Waals surface area (Å²) in [6.45, 7) is 0. The summed E-state index contributed by atoms with van der Waals surface area (Å²) in [6, 6.07) is 4.04. The van der Waals surface area contributed by atoms with Gasteiger partial charge in [-0.1, -0.05) is 0 Å². The highest BCUT2D eigenvalue weighted by atomic mass is 19.4. The van der Waals surface area contributed by atoms with Gasteiger partial charge in [0.25, 0.3) is 0 Å². The number of hydrogen-bond donors (Lipinski definition) is 0. The monoisotopic (exact) mass is 230 g/mol. The van der Waals surface area contributed by atoms with Gasteiger partial charge >= 0.3 is 6.36 Å². The van der Waals surface area contributed by atoms with Crippen molar-refractivity contribution in [3.8, 4) is 5.75 Å². The van der Waals surface area contributed by atoms with Crippen molar-refractivity contribution in [1.29, 1.82) is 0 Å². The predicted octanol–water partition coefficient (Wildman–Crippen LogP) is 3.28. The first-order chi connectivity index (χ1) is 7.48. The highest BCUT2D eigenvalue weighted by molar-refractivity contribution is 5.76. The van der Waals surface area contributed by atoms with Gasteiger partial charge in [-0.05, 0) is 42.5 Å². The number of carbonyl (C=O) groups excluding carboxylic acids is 1. The molecule has 0 atom stereocenters. The summed E-state index contributed by atoms with van der Waals surface area (Å²) < 4.78 is 39.8. The van der Waals surface area contributed by atoms with E-state index in [-0.39, 0.29) is 17.2 Å². The van der Waals surface area contributed by atoms with Gasteiger partial charge in [0.05, 0.1) is 0 Å². The summed E-state index contributed by atoms with van der Waals surface area (Å²) in [7, 11) is 0. The first-order valence-corrected chi connectivity index (χ1v) is 4.84. The molecule has 1 aromatic carbocycles. The normalized spacial score (nSPS) is 15.9. The van der Waals surface area contributed by atoms with E-state index in [0.29, 0.717) is 6.29 Å². The van der Waals surface area contributed by atoms with Crippen LogP contribution in [-0.2, 0) is 0 Å². The summed E-state index contributed by atoms with van der Waals surface area (Å²) >= 11 is 0. The Kier molecular flexibility index (Phi) is 2.61. The van der Waals surface area contributed by atoms with Crippen molar-refractivity contribution in [1.82, 2.24) is 0 Å². The molecule has 0 bridgehead atoms. The molecule has 1 saturated carbocycles. The van der Waals surface area contributed by atoms with E-state index in [0.717, 1.165) is 24.5 Å². The molecule has 86 valence electrons. The van der Waals surface area contributed by atoms with E-state index >= 15 is 0 Å². The Labute approximate surface area is 90.0 Å². The number of rotatable bonds is 3. The van der Waals surface area contributed by atoms with E-state index in [1.54, 1.807) is 6.07 Å². The van der Waals surface area contributed by atoms with E-state index in [2.05, 4.69) is 4.74 Å². The van der Waals surface area contributed by atoms with Gasteiger partial charge in [0, 0.05) is 5.56 Å². The van der Waals surface area contributed by atoms with Crippen LogP contribution in [0.5, 0.6) is 5.75 Å². The Morgan fingerprint density at radius 2 is 1.94 bits per heavy atom. The fourth-order valence-electron chi connectivity index (χ4n) is 1.56. The molecule has 0 aliphatic heterocycles. The molecule has 0 spiro atoms. The second kappa shape index (κ2) is 3.81. The van der Waals surface area contributed by atoms with Crippen LogP contribution in [0.1, 0.15) is 34.7 Å². The highest BCUT2D eigenvalue weighted by Gasteiger charge is 2.32. The smallest absolute Gasteiger partial charge is 0.406 e. The molecule has 0 amide bonds. The molecule has 16 heavy (non-hydrogen) atoms. The lowest BCUT2D eigenvalue weighted by Gasteiger charge is -2.10. The van der Waals surface area contributed by atoms with Crippen LogP contribution in [0.4, 0.5) is 13.2 Å². The second-order valence-electron chi connectivity index (χ2n) is 3.78. The lowest BCUT2D eigenvalue weighted by atomic mass is 10.1. The van der Waals surface area contributed by atoms with Gasteiger partial charge in [-0.25, -0.2) is 0 Å². The third kappa shape index (κ3) is 2.74. The highest BCUT2D eigenvalue weighted by Crippen LogP contribution is 2.41. The van der Waals surface area contributed by atoms with Crippen LogP contribution < -0.4 is 4.74 Å². The standard InChI is InChI=1S/C11H9F3O2/c12-11(13,14)16-10-4-7(6-15)3-9(5-10)8-1-2-8/h3-6,8H,1-2H2. The van der Waals surface area contributed by atoms with Crippen LogP contribution in [0.15, 0.2) is 18.2 Å². The average molecular weight is 230 g/mol.